The van der Waals surface area contributed by atoms with Crippen LogP contribution in [0.3, 0.4) is 0 Å². The van der Waals surface area contributed by atoms with E-state index < -0.39 is 0 Å². The predicted molar refractivity (Wildman–Crippen MR) is 113 cm³/mol. The maximum Gasteiger partial charge on any atom is 0.137 e. The van der Waals surface area contributed by atoms with Gasteiger partial charge in [-0.1, -0.05) is 6.07 Å². The average Bonchev–Trinajstić information content (AvgIpc) is 3.39. The van der Waals surface area contributed by atoms with Gasteiger partial charge in [0, 0.05) is 50.3 Å². The zero-order valence-corrected chi connectivity index (χ0v) is 16.7. The largest absolute Gasteiger partial charge is 0.299 e. The van der Waals surface area contributed by atoms with Gasteiger partial charge in [0.25, 0.3) is 0 Å². The number of rotatable bonds is 4. The van der Waals surface area contributed by atoms with Crippen molar-refractivity contribution in [1.82, 2.24) is 24.2 Å². The minimum Gasteiger partial charge on any atom is -0.299 e. The number of nitrogens with zero attached hydrogens (tertiary/aromatic N) is 5. The number of likely N-dealkylation sites (N-methyl/N-ethyl adjacent to an activating group) is 1. The molecule has 1 saturated heterocycles. The van der Waals surface area contributed by atoms with Gasteiger partial charge in [-0.3, -0.25) is 19.2 Å². The summed E-state index contributed by atoms with van der Waals surface area (Å²) in [5, 5.41) is 4.41. The van der Waals surface area contributed by atoms with Crippen LogP contribution in [0.15, 0.2) is 65.7 Å². The topological polar surface area (TPSA) is 36.7 Å². The van der Waals surface area contributed by atoms with Crippen molar-refractivity contribution in [2.45, 2.75) is 12.6 Å². The lowest BCUT2D eigenvalue weighted by atomic mass is 10.1. The molecule has 4 aromatic rings. The molecule has 0 spiro atoms. The first-order valence-corrected chi connectivity index (χ1v) is 10.5. The van der Waals surface area contributed by atoms with Gasteiger partial charge in [-0.25, -0.2) is 4.98 Å². The molecule has 5 nitrogen and oxygen atoms in total. The summed E-state index contributed by atoms with van der Waals surface area (Å²) in [5.74, 6) is 0. The Morgan fingerprint density at radius 2 is 2.00 bits per heavy atom. The minimum atomic E-state index is 0.303. The first kappa shape index (κ1) is 17.6. The predicted octanol–water partition coefficient (Wildman–Crippen LogP) is 3.95. The second-order valence-electron chi connectivity index (χ2n) is 7.40. The molecule has 0 amide bonds. The van der Waals surface area contributed by atoms with Gasteiger partial charge in [0.05, 0.1) is 17.4 Å². The number of piperazine rings is 1. The summed E-state index contributed by atoms with van der Waals surface area (Å²) >= 11 is 1.77. The van der Waals surface area contributed by atoms with Crippen molar-refractivity contribution in [2.75, 3.05) is 26.7 Å². The second kappa shape index (κ2) is 7.47. The molecular weight excluding hydrogens is 366 g/mol. The average molecular weight is 390 g/mol. The highest BCUT2D eigenvalue weighted by Crippen LogP contribution is 2.27. The SMILES string of the molecule is CN1CCN(Cc2ccsc2)CC1c1cn2c(-c3ccncc3)cccc2n1. The van der Waals surface area contributed by atoms with Crippen LogP contribution in [0.1, 0.15) is 17.3 Å². The van der Waals surface area contributed by atoms with Crippen molar-refractivity contribution < 1.29 is 0 Å². The van der Waals surface area contributed by atoms with E-state index in [1.54, 1.807) is 11.3 Å². The van der Waals surface area contributed by atoms with Gasteiger partial charge in [0.1, 0.15) is 5.65 Å². The number of pyridine rings is 2. The fourth-order valence-corrected chi connectivity index (χ4v) is 4.64. The van der Waals surface area contributed by atoms with Crippen molar-refractivity contribution in [3.8, 4) is 11.3 Å². The van der Waals surface area contributed by atoms with Crippen molar-refractivity contribution in [1.29, 1.82) is 0 Å². The van der Waals surface area contributed by atoms with Crippen LogP contribution in [0.4, 0.5) is 0 Å². The third-order valence-electron chi connectivity index (χ3n) is 5.55. The van der Waals surface area contributed by atoms with Gasteiger partial charge in [0.2, 0.25) is 0 Å². The van der Waals surface area contributed by atoms with Crippen LogP contribution >= 0.6 is 11.3 Å². The number of thiophene rings is 1. The zero-order valence-electron chi connectivity index (χ0n) is 15.9. The molecule has 4 aromatic heterocycles. The van der Waals surface area contributed by atoms with Gasteiger partial charge in [-0.2, -0.15) is 11.3 Å². The highest BCUT2D eigenvalue weighted by molar-refractivity contribution is 7.07. The first-order valence-electron chi connectivity index (χ1n) is 9.60. The summed E-state index contributed by atoms with van der Waals surface area (Å²) in [6.07, 6.45) is 5.88. The Morgan fingerprint density at radius 3 is 2.82 bits per heavy atom. The number of hydrogen-bond acceptors (Lipinski definition) is 5. The molecule has 0 N–H and O–H groups in total. The molecule has 0 saturated carbocycles. The first-order chi connectivity index (χ1) is 13.8. The number of hydrogen-bond donors (Lipinski definition) is 0. The molecule has 0 aromatic carbocycles. The van der Waals surface area contributed by atoms with Crippen LogP contribution in [0.25, 0.3) is 16.9 Å². The lowest BCUT2D eigenvalue weighted by Gasteiger charge is -2.38. The van der Waals surface area contributed by atoms with E-state index in [4.69, 9.17) is 4.98 Å². The molecular formula is C22H23N5S. The van der Waals surface area contributed by atoms with Crippen LogP contribution in [0.2, 0.25) is 0 Å². The van der Waals surface area contributed by atoms with Gasteiger partial charge in [-0.15, -0.1) is 0 Å². The Kier molecular flexibility index (Phi) is 4.68. The van der Waals surface area contributed by atoms with E-state index in [-0.39, 0.29) is 0 Å². The van der Waals surface area contributed by atoms with Gasteiger partial charge in [0.15, 0.2) is 0 Å². The molecule has 1 aliphatic heterocycles. The van der Waals surface area contributed by atoms with Crippen LogP contribution in [-0.2, 0) is 6.54 Å². The van der Waals surface area contributed by atoms with Crippen LogP contribution in [-0.4, -0.2) is 50.9 Å². The highest BCUT2D eigenvalue weighted by Gasteiger charge is 2.28. The monoisotopic (exact) mass is 389 g/mol. The van der Waals surface area contributed by atoms with Gasteiger partial charge >= 0.3 is 0 Å². The summed E-state index contributed by atoms with van der Waals surface area (Å²) in [4.78, 5) is 14.1. The van der Waals surface area contributed by atoms with E-state index in [0.717, 1.165) is 48.8 Å². The molecule has 142 valence electrons. The molecule has 1 aliphatic rings. The third-order valence-corrected chi connectivity index (χ3v) is 6.28. The number of imidazole rings is 1. The van der Waals surface area contributed by atoms with Crippen molar-refractivity contribution in [2.24, 2.45) is 0 Å². The van der Waals surface area contributed by atoms with Crippen molar-refractivity contribution >= 4 is 17.0 Å². The summed E-state index contributed by atoms with van der Waals surface area (Å²) in [6.45, 7) is 4.17. The van der Waals surface area contributed by atoms with Crippen LogP contribution in [0, 0.1) is 0 Å². The molecule has 0 aliphatic carbocycles. The number of aromatic nitrogens is 3. The summed E-state index contributed by atoms with van der Waals surface area (Å²) in [7, 11) is 2.21. The Labute approximate surface area is 168 Å². The second-order valence-corrected chi connectivity index (χ2v) is 8.18. The van der Waals surface area contributed by atoms with Gasteiger partial charge < -0.3 is 0 Å². The maximum absolute atomic E-state index is 4.99. The van der Waals surface area contributed by atoms with Gasteiger partial charge in [-0.05, 0) is 53.7 Å². The fraction of sp³-hybridized carbons (Fsp3) is 0.273. The van der Waals surface area contributed by atoms with E-state index >= 15 is 0 Å². The Bertz CT molecular complexity index is 1060. The molecule has 0 bridgehead atoms. The zero-order chi connectivity index (χ0) is 18.9. The van der Waals surface area contributed by atoms with E-state index in [1.807, 2.05) is 24.5 Å². The lowest BCUT2D eigenvalue weighted by Crippen LogP contribution is -2.46. The Morgan fingerprint density at radius 1 is 1.11 bits per heavy atom. The molecule has 1 atom stereocenters. The normalized spacial score (nSPS) is 18.7. The summed E-state index contributed by atoms with van der Waals surface area (Å²) in [5.41, 5.74) is 5.84. The Hall–Kier alpha value is -2.54. The standard InChI is InChI=1S/C22H23N5S/c1-25-10-11-26(13-17-7-12-28-16-17)15-21(25)19-14-27-20(3-2-4-22(27)24-19)18-5-8-23-9-6-18/h2-9,12,14,16,21H,10-11,13,15H2,1H3. The molecule has 1 unspecified atom stereocenters. The van der Waals surface area contributed by atoms with Crippen LogP contribution < -0.4 is 0 Å². The van der Waals surface area contributed by atoms with E-state index in [1.165, 1.54) is 5.56 Å². The van der Waals surface area contributed by atoms with Crippen molar-refractivity contribution in [3.63, 3.8) is 0 Å². The fourth-order valence-electron chi connectivity index (χ4n) is 3.98. The molecule has 6 heteroatoms. The van der Waals surface area contributed by atoms with E-state index in [2.05, 4.69) is 67.5 Å². The highest BCUT2D eigenvalue weighted by atomic mass is 32.1. The maximum atomic E-state index is 4.99. The van der Waals surface area contributed by atoms with Crippen LogP contribution in [0.5, 0.6) is 0 Å². The minimum absolute atomic E-state index is 0.303. The molecule has 5 rings (SSSR count). The summed E-state index contributed by atoms with van der Waals surface area (Å²) < 4.78 is 2.20. The van der Waals surface area contributed by atoms with E-state index in [9.17, 15) is 0 Å². The van der Waals surface area contributed by atoms with Crippen molar-refractivity contribution in [3.05, 3.63) is 77.0 Å². The molecule has 5 heterocycles. The third kappa shape index (κ3) is 3.35. The Balaban J connectivity index is 1.46. The lowest BCUT2D eigenvalue weighted by molar-refractivity contribution is 0.0886. The number of fused-ring (bicyclic) bond motifs is 1. The quantitative estimate of drug-likeness (QED) is 0.530. The molecule has 1 fully saturated rings. The van der Waals surface area contributed by atoms with E-state index in [0.29, 0.717) is 6.04 Å². The smallest absolute Gasteiger partial charge is 0.137 e. The summed E-state index contributed by atoms with van der Waals surface area (Å²) in [6, 6.07) is 12.9. The molecule has 28 heavy (non-hydrogen) atoms. The molecule has 0 radical (unpaired) electrons.